The van der Waals surface area contributed by atoms with Gasteiger partial charge in [-0.15, -0.1) is 0 Å². The molecule has 1 aromatic carbocycles. The monoisotopic (exact) mass is 373 g/mol. The average Bonchev–Trinajstić information content (AvgIpc) is 2.63. The lowest BCUT2D eigenvalue weighted by Crippen LogP contribution is -2.22. The molecule has 1 heterocycles. The van der Waals surface area contributed by atoms with E-state index < -0.39 is 5.54 Å². The summed E-state index contributed by atoms with van der Waals surface area (Å²) in [6, 6.07) is 6.06. The number of hydrogen-bond donors (Lipinski definition) is 0. The first kappa shape index (κ1) is 14.3. The van der Waals surface area contributed by atoms with Crippen LogP contribution in [0.1, 0.15) is 31.4 Å². The maximum Gasteiger partial charge on any atom is 0.308 e. The third kappa shape index (κ3) is 2.75. The van der Waals surface area contributed by atoms with E-state index in [4.69, 9.17) is 9.47 Å². The molecule has 0 saturated carbocycles. The molecule has 1 unspecified atom stereocenters. The van der Waals surface area contributed by atoms with Gasteiger partial charge in [-0.2, -0.15) is 0 Å². The topological polar surface area (TPSA) is 47.9 Å². The second-order valence-corrected chi connectivity index (χ2v) is 5.81. The van der Waals surface area contributed by atoms with E-state index in [1.807, 2.05) is 32.0 Å². The maximum atomic E-state index is 11.6. The van der Waals surface area contributed by atoms with Crippen molar-refractivity contribution >= 4 is 34.5 Å². The van der Waals surface area contributed by atoms with Crippen molar-refractivity contribution in [1.29, 1.82) is 0 Å². The van der Waals surface area contributed by atoms with Crippen molar-refractivity contribution in [3.8, 4) is 0 Å². The van der Waals surface area contributed by atoms with Crippen LogP contribution in [-0.2, 0) is 19.8 Å². The predicted molar refractivity (Wildman–Crippen MR) is 81.3 cm³/mol. The van der Waals surface area contributed by atoms with Crippen LogP contribution >= 0.6 is 22.6 Å². The molecule has 1 aliphatic rings. The molecule has 1 atom stereocenters. The molecule has 4 nitrogen and oxygen atoms in total. The number of benzene rings is 1. The first-order valence-corrected chi connectivity index (χ1v) is 7.18. The highest BCUT2D eigenvalue weighted by Crippen LogP contribution is 2.39. The summed E-state index contributed by atoms with van der Waals surface area (Å²) in [6.45, 7) is 4.41. The van der Waals surface area contributed by atoms with Crippen LogP contribution in [0.5, 0.6) is 0 Å². The summed E-state index contributed by atoms with van der Waals surface area (Å²) >= 11 is 2.25. The van der Waals surface area contributed by atoms with Gasteiger partial charge in [0.25, 0.3) is 0 Å². The SMILES string of the molecule is CCOC1=NC(C)(CC(=O)OC)c2cc(I)ccc21. The lowest BCUT2D eigenvalue weighted by Gasteiger charge is -2.20. The van der Waals surface area contributed by atoms with E-state index >= 15 is 0 Å². The fourth-order valence-electron chi connectivity index (χ4n) is 2.23. The zero-order chi connectivity index (χ0) is 14.0. The molecule has 0 aliphatic carbocycles. The number of carbonyl (C=O) groups is 1. The highest BCUT2D eigenvalue weighted by Gasteiger charge is 2.39. The third-order valence-electron chi connectivity index (χ3n) is 3.14. The van der Waals surface area contributed by atoms with Crippen LogP contribution in [0.15, 0.2) is 23.2 Å². The highest BCUT2D eigenvalue weighted by molar-refractivity contribution is 14.1. The van der Waals surface area contributed by atoms with Crippen molar-refractivity contribution in [2.45, 2.75) is 25.8 Å². The first-order chi connectivity index (χ1) is 9.00. The molecule has 0 fully saturated rings. The summed E-state index contributed by atoms with van der Waals surface area (Å²) in [5, 5.41) is 0. The summed E-state index contributed by atoms with van der Waals surface area (Å²) in [5.74, 6) is 0.342. The quantitative estimate of drug-likeness (QED) is 0.605. The van der Waals surface area contributed by atoms with Crippen LogP contribution in [0, 0.1) is 3.57 Å². The number of halogens is 1. The van der Waals surface area contributed by atoms with Crippen LogP contribution in [0.3, 0.4) is 0 Å². The van der Waals surface area contributed by atoms with Gasteiger partial charge in [0.2, 0.25) is 5.90 Å². The molecule has 0 amide bonds. The molecule has 5 heteroatoms. The molecular formula is C14H16INO3. The molecule has 102 valence electrons. The van der Waals surface area contributed by atoms with Crippen molar-refractivity contribution in [1.82, 2.24) is 0 Å². The minimum atomic E-state index is -0.603. The Morgan fingerprint density at radius 1 is 1.47 bits per heavy atom. The van der Waals surface area contributed by atoms with Gasteiger partial charge in [-0.1, -0.05) is 0 Å². The zero-order valence-corrected chi connectivity index (χ0v) is 13.4. The van der Waals surface area contributed by atoms with Crippen LogP contribution in [0.25, 0.3) is 0 Å². The fourth-order valence-corrected chi connectivity index (χ4v) is 2.72. The molecule has 1 aromatic rings. The summed E-state index contributed by atoms with van der Waals surface area (Å²) in [4.78, 5) is 16.2. The van der Waals surface area contributed by atoms with Crippen LogP contribution < -0.4 is 0 Å². The number of esters is 1. The number of carbonyl (C=O) groups excluding carboxylic acids is 1. The molecule has 19 heavy (non-hydrogen) atoms. The van der Waals surface area contributed by atoms with Crippen LogP contribution in [-0.4, -0.2) is 25.6 Å². The summed E-state index contributed by atoms with van der Waals surface area (Å²) in [5.41, 5.74) is 1.38. The molecule has 0 radical (unpaired) electrons. The second-order valence-electron chi connectivity index (χ2n) is 4.57. The number of fused-ring (bicyclic) bond motifs is 1. The number of nitrogens with zero attached hydrogens (tertiary/aromatic N) is 1. The normalized spacial score (nSPS) is 20.7. The predicted octanol–water partition coefficient (Wildman–Crippen LogP) is 2.87. The summed E-state index contributed by atoms with van der Waals surface area (Å²) in [6.07, 6.45) is 0.215. The maximum absolute atomic E-state index is 11.6. The number of hydrogen-bond acceptors (Lipinski definition) is 4. The Morgan fingerprint density at radius 2 is 2.21 bits per heavy atom. The first-order valence-electron chi connectivity index (χ1n) is 6.10. The molecule has 0 saturated heterocycles. The van der Waals surface area contributed by atoms with Gasteiger partial charge >= 0.3 is 5.97 Å². The molecule has 0 spiro atoms. The minimum Gasteiger partial charge on any atom is -0.478 e. The van der Waals surface area contributed by atoms with E-state index in [1.165, 1.54) is 7.11 Å². The third-order valence-corrected chi connectivity index (χ3v) is 3.81. The standard InChI is InChI=1S/C14H16INO3/c1-4-19-13-10-6-5-9(15)7-11(10)14(2,16-13)8-12(17)18-3/h5-7H,4,8H2,1-3H3. The van der Waals surface area contributed by atoms with Crippen molar-refractivity contribution in [2.24, 2.45) is 4.99 Å². The Labute approximate surface area is 126 Å². The van der Waals surface area contributed by atoms with Gasteiger partial charge in [-0.25, -0.2) is 4.99 Å². The number of methoxy groups -OCH3 is 1. The minimum absolute atomic E-state index is 0.215. The van der Waals surface area contributed by atoms with E-state index in [1.54, 1.807) is 0 Å². The van der Waals surface area contributed by atoms with Gasteiger partial charge < -0.3 is 9.47 Å². The van der Waals surface area contributed by atoms with Gasteiger partial charge in [0.1, 0.15) is 0 Å². The van der Waals surface area contributed by atoms with E-state index in [0.717, 1.165) is 14.7 Å². The van der Waals surface area contributed by atoms with Gasteiger partial charge in [0.15, 0.2) is 0 Å². The summed E-state index contributed by atoms with van der Waals surface area (Å²) < 4.78 is 11.5. The van der Waals surface area contributed by atoms with Crippen LogP contribution in [0.2, 0.25) is 0 Å². The van der Waals surface area contributed by atoms with E-state index in [-0.39, 0.29) is 12.4 Å². The smallest absolute Gasteiger partial charge is 0.308 e. The summed E-state index contributed by atoms with van der Waals surface area (Å²) in [7, 11) is 1.39. The lowest BCUT2D eigenvalue weighted by molar-refractivity contribution is -0.141. The molecule has 0 aromatic heterocycles. The van der Waals surface area contributed by atoms with Crippen molar-refractivity contribution in [3.63, 3.8) is 0 Å². The molecule has 1 aliphatic heterocycles. The van der Waals surface area contributed by atoms with E-state index in [0.29, 0.717) is 12.5 Å². The Morgan fingerprint density at radius 3 is 2.84 bits per heavy atom. The Balaban J connectivity index is 2.46. The lowest BCUT2D eigenvalue weighted by atomic mass is 9.89. The highest BCUT2D eigenvalue weighted by atomic mass is 127. The van der Waals surface area contributed by atoms with Crippen molar-refractivity contribution in [3.05, 3.63) is 32.9 Å². The van der Waals surface area contributed by atoms with E-state index in [9.17, 15) is 4.79 Å². The van der Waals surface area contributed by atoms with Gasteiger partial charge in [-0.05, 0) is 60.2 Å². The number of aliphatic imine (C=N–C) groups is 1. The van der Waals surface area contributed by atoms with Crippen molar-refractivity contribution < 1.29 is 14.3 Å². The van der Waals surface area contributed by atoms with Gasteiger partial charge in [0.05, 0.1) is 25.7 Å². The van der Waals surface area contributed by atoms with Gasteiger partial charge in [-0.3, -0.25) is 4.79 Å². The zero-order valence-electron chi connectivity index (χ0n) is 11.2. The molecular weight excluding hydrogens is 357 g/mol. The average molecular weight is 373 g/mol. The van der Waals surface area contributed by atoms with Crippen molar-refractivity contribution in [2.75, 3.05) is 13.7 Å². The number of rotatable bonds is 3. The second kappa shape index (κ2) is 5.48. The molecule has 0 bridgehead atoms. The Bertz CT molecular complexity index is 541. The Kier molecular flexibility index (Phi) is 4.13. The van der Waals surface area contributed by atoms with Crippen LogP contribution in [0.4, 0.5) is 0 Å². The van der Waals surface area contributed by atoms with Gasteiger partial charge in [0, 0.05) is 9.13 Å². The van der Waals surface area contributed by atoms with E-state index in [2.05, 4.69) is 27.6 Å². The molecule has 2 rings (SSSR count). The number of ether oxygens (including phenoxy) is 2. The largest absolute Gasteiger partial charge is 0.478 e. The molecule has 0 N–H and O–H groups in total. The fraction of sp³-hybridized carbons (Fsp3) is 0.429. The Hall–Kier alpha value is -1.11.